The first-order chi connectivity index (χ1) is 14.7. The SMILES string of the molecule is COc1cc(/C=N/NC(=O)COc2ccccc2Cl)ccc1OCc1ccccc1. The molecule has 0 heterocycles. The number of carbonyl (C=O) groups is 1. The van der Waals surface area contributed by atoms with Gasteiger partial charge in [0.2, 0.25) is 0 Å². The zero-order valence-electron chi connectivity index (χ0n) is 16.4. The van der Waals surface area contributed by atoms with Crippen LogP contribution in [0, 0.1) is 0 Å². The Labute approximate surface area is 180 Å². The average Bonchev–Trinajstić information content (AvgIpc) is 2.78. The van der Waals surface area contributed by atoms with Gasteiger partial charge in [-0.3, -0.25) is 4.79 Å². The molecule has 0 saturated heterocycles. The molecule has 0 aliphatic heterocycles. The van der Waals surface area contributed by atoms with E-state index < -0.39 is 5.91 Å². The fourth-order valence-corrected chi connectivity index (χ4v) is 2.73. The maximum absolute atomic E-state index is 11.9. The van der Waals surface area contributed by atoms with Gasteiger partial charge in [-0.15, -0.1) is 0 Å². The van der Waals surface area contributed by atoms with Crippen molar-refractivity contribution >= 4 is 23.7 Å². The number of carbonyl (C=O) groups excluding carboxylic acids is 1. The lowest BCUT2D eigenvalue weighted by Gasteiger charge is -2.11. The third kappa shape index (κ3) is 6.25. The average molecular weight is 425 g/mol. The van der Waals surface area contributed by atoms with Crippen molar-refractivity contribution in [3.05, 3.63) is 88.9 Å². The van der Waals surface area contributed by atoms with E-state index in [9.17, 15) is 4.79 Å². The Kier molecular flexibility index (Phi) is 7.69. The van der Waals surface area contributed by atoms with Crippen LogP contribution < -0.4 is 19.6 Å². The van der Waals surface area contributed by atoms with Gasteiger partial charge in [-0.25, -0.2) is 5.43 Å². The number of amides is 1. The molecule has 0 atom stereocenters. The van der Waals surface area contributed by atoms with E-state index in [0.717, 1.165) is 11.1 Å². The van der Waals surface area contributed by atoms with Gasteiger partial charge in [-0.2, -0.15) is 5.10 Å². The molecule has 0 aromatic heterocycles. The van der Waals surface area contributed by atoms with Crippen molar-refractivity contribution in [3.63, 3.8) is 0 Å². The minimum absolute atomic E-state index is 0.198. The van der Waals surface area contributed by atoms with E-state index in [0.29, 0.717) is 28.9 Å². The molecule has 0 aliphatic carbocycles. The molecule has 3 rings (SSSR count). The molecule has 1 amide bonds. The molecule has 0 aliphatic rings. The van der Waals surface area contributed by atoms with Crippen LogP contribution in [0.4, 0.5) is 0 Å². The summed E-state index contributed by atoms with van der Waals surface area (Å²) >= 11 is 5.98. The van der Waals surface area contributed by atoms with Crippen LogP contribution in [0.5, 0.6) is 17.2 Å². The second kappa shape index (κ2) is 10.9. The van der Waals surface area contributed by atoms with E-state index in [4.69, 9.17) is 25.8 Å². The molecule has 0 spiro atoms. The number of nitrogens with zero attached hydrogens (tertiary/aromatic N) is 1. The number of rotatable bonds is 9. The first-order valence-corrected chi connectivity index (χ1v) is 9.57. The van der Waals surface area contributed by atoms with Gasteiger partial charge >= 0.3 is 0 Å². The van der Waals surface area contributed by atoms with Crippen LogP contribution in [0.2, 0.25) is 5.02 Å². The second-order valence-electron chi connectivity index (χ2n) is 6.20. The quantitative estimate of drug-likeness (QED) is 0.407. The first kappa shape index (κ1) is 21.2. The lowest BCUT2D eigenvalue weighted by Crippen LogP contribution is -2.24. The number of para-hydroxylation sites is 1. The molecular weight excluding hydrogens is 404 g/mol. The highest BCUT2D eigenvalue weighted by Gasteiger charge is 2.07. The third-order valence-electron chi connectivity index (χ3n) is 4.02. The smallest absolute Gasteiger partial charge is 0.277 e. The van der Waals surface area contributed by atoms with Crippen molar-refractivity contribution in [2.24, 2.45) is 5.10 Å². The lowest BCUT2D eigenvalue weighted by molar-refractivity contribution is -0.123. The van der Waals surface area contributed by atoms with Gasteiger partial charge in [0, 0.05) is 0 Å². The predicted molar refractivity (Wildman–Crippen MR) is 116 cm³/mol. The van der Waals surface area contributed by atoms with Crippen LogP contribution in [0.1, 0.15) is 11.1 Å². The minimum atomic E-state index is -0.402. The monoisotopic (exact) mass is 424 g/mol. The summed E-state index contributed by atoms with van der Waals surface area (Å²) in [6.45, 7) is 0.239. The largest absolute Gasteiger partial charge is 0.493 e. The van der Waals surface area contributed by atoms with Gasteiger partial charge in [0.1, 0.15) is 12.4 Å². The van der Waals surface area contributed by atoms with Crippen LogP contribution in [-0.2, 0) is 11.4 Å². The Morgan fingerprint density at radius 1 is 0.967 bits per heavy atom. The molecule has 3 aromatic rings. The first-order valence-electron chi connectivity index (χ1n) is 9.19. The van der Waals surface area contributed by atoms with E-state index in [1.165, 1.54) is 6.21 Å². The summed E-state index contributed by atoms with van der Waals surface area (Å²) in [7, 11) is 1.57. The lowest BCUT2D eigenvalue weighted by atomic mass is 10.2. The molecule has 3 aromatic carbocycles. The molecular formula is C23H21ClN2O4. The summed E-state index contributed by atoms with van der Waals surface area (Å²) in [5.74, 6) is 1.23. The summed E-state index contributed by atoms with van der Waals surface area (Å²) in [6, 6.07) is 22.2. The molecule has 6 nitrogen and oxygen atoms in total. The number of hydrogen-bond donors (Lipinski definition) is 1. The van der Waals surface area contributed by atoms with Crippen molar-refractivity contribution in [1.29, 1.82) is 0 Å². The predicted octanol–water partition coefficient (Wildman–Crippen LogP) is 4.46. The van der Waals surface area contributed by atoms with E-state index in [-0.39, 0.29) is 6.61 Å². The molecule has 1 N–H and O–H groups in total. The zero-order chi connectivity index (χ0) is 21.2. The normalized spacial score (nSPS) is 10.6. The van der Waals surface area contributed by atoms with E-state index in [2.05, 4.69) is 10.5 Å². The van der Waals surface area contributed by atoms with Gasteiger partial charge in [0.25, 0.3) is 5.91 Å². The Hall–Kier alpha value is -3.51. The van der Waals surface area contributed by atoms with Gasteiger partial charge in [-0.05, 0) is 41.5 Å². The van der Waals surface area contributed by atoms with Gasteiger partial charge in [0.05, 0.1) is 18.3 Å². The maximum Gasteiger partial charge on any atom is 0.277 e. The highest BCUT2D eigenvalue weighted by Crippen LogP contribution is 2.28. The number of hydrazone groups is 1. The number of nitrogens with one attached hydrogen (secondary N) is 1. The number of halogens is 1. The number of hydrogen-bond acceptors (Lipinski definition) is 5. The number of benzene rings is 3. The minimum Gasteiger partial charge on any atom is -0.493 e. The summed E-state index contributed by atoms with van der Waals surface area (Å²) in [6.07, 6.45) is 1.51. The number of ether oxygens (including phenoxy) is 3. The van der Waals surface area contributed by atoms with Crippen LogP contribution in [-0.4, -0.2) is 25.8 Å². The summed E-state index contributed by atoms with van der Waals surface area (Å²) in [5.41, 5.74) is 4.21. The van der Waals surface area contributed by atoms with E-state index in [1.54, 1.807) is 43.5 Å². The zero-order valence-corrected chi connectivity index (χ0v) is 17.1. The Bertz CT molecular complexity index is 1010. The van der Waals surface area contributed by atoms with Gasteiger partial charge < -0.3 is 14.2 Å². The summed E-state index contributed by atoms with van der Waals surface area (Å²) < 4.78 is 16.6. The summed E-state index contributed by atoms with van der Waals surface area (Å²) in [5, 5.41) is 4.38. The van der Waals surface area contributed by atoms with E-state index in [1.807, 2.05) is 36.4 Å². The van der Waals surface area contributed by atoms with Crippen LogP contribution in [0.3, 0.4) is 0 Å². The van der Waals surface area contributed by atoms with Crippen molar-refractivity contribution in [2.45, 2.75) is 6.61 Å². The van der Waals surface area contributed by atoms with Crippen LogP contribution in [0.25, 0.3) is 0 Å². The maximum atomic E-state index is 11.9. The molecule has 0 fully saturated rings. The molecule has 0 radical (unpaired) electrons. The third-order valence-corrected chi connectivity index (χ3v) is 4.34. The van der Waals surface area contributed by atoms with Gasteiger partial charge in [-0.1, -0.05) is 54.1 Å². The summed E-state index contributed by atoms with van der Waals surface area (Å²) in [4.78, 5) is 11.9. The molecule has 0 unspecified atom stereocenters. The van der Waals surface area contributed by atoms with Gasteiger partial charge in [0.15, 0.2) is 18.1 Å². The fourth-order valence-electron chi connectivity index (χ4n) is 2.54. The Morgan fingerprint density at radius 3 is 2.50 bits per heavy atom. The molecule has 0 bridgehead atoms. The molecule has 30 heavy (non-hydrogen) atoms. The number of methoxy groups -OCH3 is 1. The molecule has 7 heteroatoms. The highest BCUT2D eigenvalue weighted by molar-refractivity contribution is 6.32. The fraction of sp³-hybridized carbons (Fsp3) is 0.130. The topological polar surface area (TPSA) is 69.2 Å². The van der Waals surface area contributed by atoms with Crippen LogP contribution >= 0.6 is 11.6 Å². The molecule has 154 valence electrons. The van der Waals surface area contributed by atoms with Crippen molar-refractivity contribution in [1.82, 2.24) is 5.43 Å². The van der Waals surface area contributed by atoms with Crippen molar-refractivity contribution in [3.8, 4) is 17.2 Å². The van der Waals surface area contributed by atoms with Crippen molar-refractivity contribution in [2.75, 3.05) is 13.7 Å². The highest BCUT2D eigenvalue weighted by atomic mass is 35.5. The Morgan fingerprint density at radius 2 is 1.73 bits per heavy atom. The standard InChI is InChI=1S/C23H21ClN2O4/c1-28-22-13-18(11-12-21(22)29-15-17-7-3-2-4-8-17)14-25-26-23(27)16-30-20-10-6-5-9-19(20)24/h2-14H,15-16H2,1H3,(H,26,27)/b25-14+. The van der Waals surface area contributed by atoms with Crippen molar-refractivity contribution < 1.29 is 19.0 Å². The van der Waals surface area contributed by atoms with Crippen LogP contribution in [0.15, 0.2) is 77.9 Å². The van der Waals surface area contributed by atoms with E-state index >= 15 is 0 Å². The second-order valence-corrected chi connectivity index (χ2v) is 6.60. The Balaban J connectivity index is 1.52. The molecule has 0 saturated carbocycles.